The molecule has 7 nitrogen and oxygen atoms in total. The van der Waals surface area contributed by atoms with Crippen LogP contribution >= 0.6 is 11.6 Å². The molecule has 0 radical (unpaired) electrons. The first-order valence-corrected chi connectivity index (χ1v) is 14.7. The average Bonchev–Trinajstić information content (AvgIpc) is 2.83. The van der Waals surface area contributed by atoms with Gasteiger partial charge in [-0.3, -0.25) is 13.9 Å². The van der Waals surface area contributed by atoms with E-state index in [4.69, 9.17) is 11.6 Å². The summed E-state index contributed by atoms with van der Waals surface area (Å²) in [5, 5.41) is 3.54. The minimum Gasteiger partial charge on any atom is -0.354 e. The summed E-state index contributed by atoms with van der Waals surface area (Å²) >= 11 is 6.02. The van der Waals surface area contributed by atoms with Crippen LogP contribution < -0.4 is 9.62 Å². The Bertz CT molecular complexity index is 1090. The Kier molecular flexibility index (Phi) is 11.7. The summed E-state index contributed by atoms with van der Waals surface area (Å²) in [5.74, 6) is -0.370. The van der Waals surface area contributed by atoms with Gasteiger partial charge in [-0.25, -0.2) is 8.42 Å². The van der Waals surface area contributed by atoms with Crippen molar-refractivity contribution in [3.05, 3.63) is 64.7 Å². The molecular weight excluding hydrogens is 498 g/mol. The molecule has 2 aromatic rings. The second kappa shape index (κ2) is 14.2. The molecule has 0 saturated heterocycles. The van der Waals surface area contributed by atoms with E-state index in [1.54, 1.807) is 29.2 Å². The number of carbonyl (C=O) groups excluding carboxylic acids is 2. The molecule has 0 aliphatic carbocycles. The van der Waals surface area contributed by atoms with Crippen LogP contribution in [0.1, 0.15) is 57.1 Å². The van der Waals surface area contributed by atoms with E-state index in [1.165, 1.54) is 4.31 Å². The normalized spacial score (nSPS) is 12.1. The van der Waals surface area contributed by atoms with Crippen LogP contribution in [-0.4, -0.2) is 50.5 Å². The zero-order valence-corrected chi connectivity index (χ0v) is 23.2. The fourth-order valence-electron chi connectivity index (χ4n) is 3.93. The predicted molar refractivity (Wildman–Crippen MR) is 147 cm³/mol. The summed E-state index contributed by atoms with van der Waals surface area (Å²) in [6.07, 6.45) is 3.90. The Balaban J connectivity index is 2.18. The van der Waals surface area contributed by atoms with Gasteiger partial charge < -0.3 is 10.2 Å². The monoisotopic (exact) mass is 535 g/mol. The second-order valence-corrected chi connectivity index (χ2v) is 11.3. The van der Waals surface area contributed by atoms with Gasteiger partial charge in [0.05, 0.1) is 11.9 Å². The third-order valence-electron chi connectivity index (χ3n) is 5.96. The number of hydrogen-bond acceptors (Lipinski definition) is 4. The number of aryl methyl sites for hydroxylation is 1. The van der Waals surface area contributed by atoms with Crippen molar-refractivity contribution in [2.24, 2.45) is 0 Å². The lowest BCUT2D eigenvalue weighted by molar-refractivity contribution is -0.141. The Labute approximate surface area is 220 Å². The topological polar surface area (TPSA) is 86.8 Å². The summed E-state index contributed by atoms with van der Waals surface area (Å²) in [5.41, 5.74) is 2.46. The number of sulfonamides is 1. The SMILES string of the molecule is CCCCNC(=O)[C@H](CC)N(Cc1ccc(Cl)cc1)C(=O)CCCN(c1ccc(C)cc1)S(C)(=O)=O. The van der Waals surface area contributed by atoms with Crippen LogP contribution in [0.25, 0.3) is 0 Å². The number of nitrogens with zero attached hydrogens (tertiary/aromatic N) is 2. The van der Waals surface area contributed by atoms with Gasteiger partial charge in [0.25, 0.3) is 0 Å². The molecular formula is C27H38ClN3O4S. The summed E-state index contributed by atoms with van der Waals surface area (Å²) in [6.45, 7) is 6.87. The largest absolute Gasteiger partial charge is 0.354 e. The van der Waals surface area contributed by atoms with E-state index < -0.39 is 16.1 Å². The number of anilines is 1. The minimum absolute atomic E-state index is 0.115. The van der Waals surface area contributed by atoms with Crippen molar-refractivity contribution in [3.63, 3.8) is 0 Å². The summed E-state index contributed by atoms with van der Waals surface area (Å²) in [6, 6.07) is 13.8. The van der Waals surface area contributed by atoms with Crippen molar-refractivity contribution in [2.45, 2.75) is 65.5 Å². The fourth-order valence-corrected chi connectivity index (χ4v) is 5.02. The van der Waals surface area contributed by atoms with Crippen molar-refractivity contribution in [3.8, 4) is 0 Å². The zero-order valence-electron chi connectivity index (χ0n) is 21.7. The fraction of sp³-hybridized carbons (Fsp3) is 0.481. The zero-order chi connectivity index (χ0) is 26.7. The number of halogens is 1. The van der Waals surface area contributed by atoms with E-state index in [0.29, 0.717) is 30.1 Å². The lowest BCUT2D eigenvalue weighted by Crippen LogP contribution is -2.49. The van der Waals surface area contributed by atoms with Crippen LogP contribution in [0.4, 0.5) is 5.69 Å². The van der Waals surface area contributed by atoms with Crippen molar-refractivity contribution in [2.75, 3.05) is 23.7 Å². The van der Waals surface area contributed by atoms with Crippen LogP contribution in [0.15, 0.2) is 48.5 Å². The average molecular weight is 536 g/mol. The molecule has 0 bridgehead atoms. The third kappa shape index (κ3) is 9.13. The molecule has 9 heteroatoms. The van der Waals surface area contributed by atoms with Gasteiger partial charge in [-0.2, -0.15) is 0 Å². The smallest absolute Gasteiger partial charge is 0.242 e. The first kappa shape index (κ1) is 29.6. The van der Waals surface area contributed by atoms with Crippen LogP contribution in [0, 0.1) is 6.92 Å². The molecule has 2 amide bonds. The standard InChI is InChI=1S/C27H38ClN3O4S/c1-5-7-18-29-27(33)25(6-2)30(20-22-12-14-23(28)15-13-22)26(32)9-8-19-31(36(4,34)35)24-16-10-21(3)11-17-24/h10-17,25H,5-9,18-20H2,1-4H3,(H,29,33)/t25-/m0/s1. The second-order valence-electron chi connectivity index (χ2n) is 8.99. The van der Waals surface area contributed by atoms with Gasteiger partial charge >= 0.3 is 0 Å². The van der Waals surface area contributed by atoms with Crippen molar-refractivity contribution in [1.29, 1.82) is 0 Å². The molecule has 0 aliphatic rings. The molecule has 2 rings (SSSR count). The molecule has 36 heavy (non-hydrogen) atoms. The molecule has 0 heterocycles. The van der Waals surface area contributed by atoms with E-state index >= 15 is 0 Å². The molecule has 0 aromatic heterocycles. The minimum atomic E-state index is -3.52. The summed E-state index contributed by atoms with van der Waals surface area (Å²) in [4.78, 5) is 28.0. The van der Waals surface area contributed by atoms with Gasteiger partial charge in [0, 0.05) is 31.1 Å². The highest BCUT2D eigenvalue weighted by Gasteiger charge is 2.28. The summed E-state index contributed by atoms with van der Waals surface area (Å²) < 4.78 is 26.2. The van der Waals surface area contributed by atoms with E-state index in [0.717, 1.165) is 30.2 Å². The van der Waals surface area contributed by atoms with Crippen LogP contribution in [0.2, 0.25) is 5.02 Å². The van der Waals surface area contributed by atoms with Gasteiger partial charge in [0.15, 0.2) is 0 Å². The lowest BCUT2D eigenvalue weighted by Gasteiger charge is -2.31. The molecule has 1 N–H and O–H groups in total. The molecule has 0 saturated carbocycles. The maximum atomic E-state index is 13.4. The Morgan fingerprint density at radius 3 is 2.19 bits per heavy atom. The number of hydrogen-bond donors (Lipinski definition) is 1. The first-order chi connectivity index (χ1) is 17.1. The maximum Gasteiger partial charge on any atom is 0.242 e. The Morgan fingerprint density at radius 2 is 1.64 bits per heavy atom. The van der Waals surface area contributed by atoms with Crippen LogP contribution in [0.5, 0.6) is 0 Å². The molecule has 0 fully saturated rings. The van der Waals surface area contributed by atoms with Crippen molar-refractivity contribution < 1.29 is 18.0 Å². The number of rotatable bonds is 14. The quantitative estimate of drug-likeness (QED) is 0.348. The number of amides is 2. The maximum absolute atomic E-state index is 13.4. The third-order valence-corrected chi connectivity index (χ3v) is 7.40. The Morgan fingerprint density at radius 1 is 1.00 bits per heavy atom. The lowest BCUT2D eigenvalue weighted by atomic mass is 10.1. The molecule has 198 valence electrons. The van der Waals surface area contributed by atoms with Gasteiger partial charge in [-0.05, 0) is 56.0 Å². The highest BCUT2D eigenvalue weighted by atomic mass is 35.5. The highest BCUT2D eigenvalue weighted by molar-refractivity contribution is 7.92. The predicted octanol–water partition coefficient (Wildman–Crippen LogP) is 4.92. The van der Waals surface area contributed by atoms with Crippen LogP contribution in [-0.2, 0) is 26.2 Å². The molecule has 0 spiro atoms. The van der Waals surface area contributed by atoms with E-state index in [-0.39, 0.29) is 31.3 Å². The van der Waals surface area contributed by atoms with Crippen molar-refractivity contribution >= 4 is 39.1 Å². The van der Waals surface area contributed by atoms with E-state index in [1.807, 2.05) is 38.1 Å². The molecule has 0 aliphatic heterocycles. The molecule has 1 atom stereocenters. The first-order valence-electron chi connectivity index (χ1n) is 12.4. The molecule has 2 aromatic carbocycles. The number of unbranched alkanes of at least 4 members (excludes halogenated alkanes) is 1. The number of benzene rings is 2. The van der Waals surface area contributed by atoms with E-state index in [2.05, 4.69) is 12.2 Å². The summed E-state index contributed by atoms with van der Waals surface area (Å²) in [7, 11) is -3.52. The van der Waals surface area contributed by atoms with E-state index in [9.17, 15) is 18.0 Å². The van der Waals surface area contributed by atoms with Gasteiger partial charge in [-0.1, -0.05) is 61.7 Å². The van der Waals surface area contributed by atoms with Gasteiger partial charge in [0.2, 0.25) is 21.8 Å². The number of nitrogens with one attached hydrogen (secondary N) is 1. The van der Waals surface area contributed by atoms with Gasteiger partial charge in [0.1, 0.15) is 6.04 Å². The number of carbonyl (C=O) groups is 2. The van der Waals surface area contributed by atoms with Crippen LogP contribution in [0.3, 0.4) is 0 Å². The molecule has 0 unspecified atom stereocenters. The Hall–Kier alpha value is -2.58. The highest BCUT2D eigenvalue weighted by Crippen LogP contribution is 2.20. The van der Waals surface area contributed by atoms with Gasteiger partial charge in [-0.15, -0.1) is 0 Å². The van der Waals surface area contributed by atoms with Crippen molar-refractivity contribution in [1.82, 2.24) is 10.2 Å².